The van der Waals surface area contributed by atoms with Gasteiger partial charge in [-0.15, -0.1) is 0 Å². The second-order valence-electron chi connectivity index (χ2n) is 5.50. The smallest absolute Gasteiger partial charge is 0.119 e. The molecule has 0 spiro atoms. The van der Waals surface area contributed by atoms with Gasteiger partial charge in [0.05, 0.1) is 6.10 Å². The molecular weight excluding hydrogens is 254 g/mol. The van der Waals surface area contributed by atoms with Crippen molar-refractivity contribution in [1.29, 1.82) is 0 Å². The van der Waals surface area contributed by atoms with Crippen molar-refractivity contribution < 1.29 is 14.9 Å². The van der Waals surface area contributed by atoms with Gasteiger partial charge in [-0.05, 0) is 25.0 Å². The highest BCUT2D eigenvalue weighted by atomic mass is 16.5. The third kappa shape index (κ3) is 5.12. The highest BCUT2D eigenvalue weighted by Crippen LogP contribution is 2.18. The van der Waals surface area contributed by atoms with E-state index in [-0.39, 0.29) is 18.8 Å². The van der Waals surface area contributed by atoms with Crippen LogP contribution in [0.3, 0.4) is 0 Å². The summed E-state index contributed by atoms with van der Waals surface area (Å²) < 4.78 is 5.51. The molecule has 3 N–H and O–H groups in total. The van der Waals surface area contributed by atoms with Gasteiger partial charge in [-0.2, -0.15) is 0 Å². The van der Waals surface area contributed by atoms with Crippen molar-refractivity contribution in [2.75, 3.05) is 13.2 Å². The minimum absolute atomic E-state index is 0.101. The van der Waals surface area contributed by atoms with Crippen LogP contribution in [0.25, 0.3) is 0 Å². The van der Waals surface area contributed by atoms with Crippen molar-refractivity contribution in [2.24, 2.45) is 0 Å². The van der Waals surface area contributed by atoms with Crippen LogP contribution < -0.4 is 10.1 Å². The Balaban J connectivity index is 1.67. The summed E-state index contributed by atoms with van der Waals surface area (Å²) in [5.74, 6) is 0.765. The summed E-state index contributed by atoms with van der Waals surface area (Å²) >= 11 is 0. The Morgan fingerprint density at radius 2 is 1.90 bits per heavy atom. The molecule has 4 nitrogen and oxygen atoms in total. The third-order valence-electron chi connectivity index (χ3n) is 3.78. The molecule has 3 unspecified atom stereocenters. The number of aliphatic hydroxyl groups is 2. The lowest BCUT2D eigenvalue weighted by atomic mass is 10.1. The molecule has 1 saturated carbocycles. The fourth-order valence-electron chi connectivity index (χ4n) is 2.58. The zero-order valence-electron chi connectivity index (χ0n) is 11.9. The Kier molecular flexibility index (Phi) is 6.30. The first kappa shape index (κ1) is 15.3. The van der Waals surface area contributed by atoms with Crippen molar-refractivity contribution in [2.45, 2.75) is 50.4 Å². The molecule has 0 saturated heterocycles. The van der Waals surface area contributed by atoms with Gasteiger partial charge in [-0.25, -0.2) is 0 Å². The Morgan fingerprint density at radius 1 is 1.15 bits per heavy atom. The SMILES string of the molecule is OC(CNC1CCCCCC1O)COc1ccccc1. The van der Waals surface area contributed by atoms with Gasteiger partial charge in [0.1, 0.15) is 18.5 Å². The predicted molar refractivity (Wildman–Crippen MR) is 78.8 cm³/mol. The van der Waals surface area contributed by atoms with Gasteiger partial charge in [0.15, 0.2) is 0 Å². The van der Waals surface area contributed by atoms with E-state index in [1.807, 2.05) is 30.3 Å². The van der Waals surface area contributed by atoms with Gasteiger partial charge in [-0.1, -0.05) is 37.5 Å². The molecule has 1 aliphatic rings. The average molecular weight is 279 g/mol. The zero-order chi connectivity index (χ0) is 14.2. The van der Waals surface area contributed by atoms with Crippen LogP contribution in [0.15, 0.2) is 30.3 Å². The molecular formula is C16H25NO3. The lowest BCUT2D eigenvalue weighted by Crippen LogP contribution is -2.43. The molecule has 0 bridgehead atoms. The van der Waals surface area contributed by atoms with Gasteiger partial charge >= 0.3 is 0 Å². The fraction of sp³-hybridized carbons (Fsp3) is 0.625. The van der Waals surface area contributed by atoms with Crippen LogP contribution in [0, 0.1) is 0 Å². The van der Waals surface area contributed by atoms with E-state index in [1.165, 1.54) is 6.42 Å². The quantitative estimate of drug-likeness (QED) is 0.694. The Hall–Kier alpha value is -1.10. The Labute approximate surface area is 120 Å². The number of para-hydroxylation sites is 1. The number of hydrogen-bond donors (Lipinski definition) is 3. The predicted octanol–water partition coefficient (Wildman–Crippen LogP) is 1.71. The molecule has 20 heavy (non-hydrogen) atoms. The number of hydrogen-bond acceptors (Lipinski definition) is 4. The van der Waals surface area contributed by atoms with Gasteiger partial charge in [0.25, 0.3) is 0 Å². The van der Waals surface area contributed by atoms with Crippen LogP contribution >= 0.6 is 0 Å². The summed E-state index contributed by atoms with van der Waals surface area (Å²) in [6.07, 6.45) is 4.41. The summed E-state index contributed by atoms with van der Waals surface area (Å²) in [4.78, 5) is 0. The maximum Gasteiger partial charge on any atom is 0.119 e. The number of rotatable bonds is 6. The maximum absolute atomic E-state index is 9.99. The molecule has 112 valence electrons. The highest BCUT2D eigenvalue weighted by molar-refractivity contribution is 5.20. The molecule has 0 aromatic heterocycles. The molecule has 1 aliphatic carbocycles. The average Bonchev–Trinajstić information content (AvgIpc) is 2.68. The van der Waals surface area contributed by atoms with E-state index >= 15 is 0 Å². The molecule has 0 heterocycles. The topological polar surface area (TPSA) is 61.7 Å². The number of benzene rings is 1. The number of ether oxygens (including phenoxy) is 1. The van der Waals surface area contributed by atoms with Crippen molar-refractivity contribution in [3.63, 3.8) is 0 Å². The molecule has 2 rings (SSSR count). The number of aliphatic hydroxyl groups excluding tert-OH is 2. The lowest BCUT2D eigenvalue weighted by molar-refractivity contribution is 0.0820. The Bertz CT molecular complexity index is 371. The van der Waals surface area contributed by atoms with E-state index in [9.17, 15) is 10.2 Å². The van der Waals surface area contributed by atoms with Gasteiger partial charge in [0, 0.05) is 12.6 Å². The second kappa shape index (κ2) is 8.25. The third-order valence-corrected chi connectivity index (χ3v) is 3.78. The fourth-order valence-corrected chi connectivity index (χ4v) is 2.58. The van der Waals surface area contributed by atoms with Crippen LogP contribution in [0.1, 0.15) is 32.1 Å². The minimum Gasteiger partial charge on any atom is -0.491 e. The van der Waals surface area contributed by atoms with E-state index in [2.05, 4.69) is 5.32 Å². The minimum atomic E-state index is -0.564. The zero-order valence-corrected chi connectivity index (χ0v) is 11.9. The van der Waals surface area contributed by atoms with Crippen LogP contribution in [0.2, 0.25) is 0 Å². The summed E-state index contributed by atoms with van der Waals surface area (Å²) in [5, 5.41) is 23.2. The summed E-state index contributed by atoms with van der Waals surface area (Å²) in [7, 11) is 0. The van der Waals surface area contributed by atoms with E-state index in [0.29, 0.717) is 6.54 Å². The first-order valence-electron chi connectivity index (χ1n) is 7.53. The first-order valence-corrected chi connectivity index (χ1v) is 7.53. The van der Waals surface area contributed by atoms with E-state index in [1.54, 1.807) is 0 Å². The second-order valence-corrected chi connectivity index (χ2v) is 5.50. The van der Waals surface area contributed by atoms with Crippen LogP contribution in [0.4, 0.5) is 0 Å². The molecule has 3 atom stereocenters. The van der Waals surface area contributed by atoms with E-state index < -0.39 is 6.10 Å². The highest BCUT2D eigenvalue weighted by Gasteiger charge is 2.21. The normalized spacial score (nSPS) is 24.9. The molecule has 0 radical (unpaired) electrons. The molecule has 4 heteroatoms. The summed E-state index contributed by atoms with van der Waals surface area (Å²) in [6.45, 7) is 0.717. The maximum atomic E-state index is 9.99. The molecule has 0 aliphatic heterocycles. The van der Waals surface area contributed by atoms with Gasteiger partial charge < -0.3 is 20.3 Å². The van der Waals surface area contributed by atoms with Crippen LogP contribution in [-0.4, -0.2) is 41.6 Å². The number of nitrogens with one attached hydrogen (secondary N) is 1. The molecule has 0 amide bonds. The van der Waals surface area contributed by atoms with Crippen LogP contribution in [0.5, 0.6) is 5.75 Å². The lowest BCUT2D eigenvalue weighted by Gasteiger charge is -2.23. The van der Waals surface area contributed by atoms with Crippen molar-refractivity contribution >= 4 is 0 Å². The molecule has 1 aromatic rings. The summed E-state index contributed by atoms with van der Waals surface area (Å²) in [6, 6.07) is 9.58. The molecule has 1 fully saturated rings. The Morgan fingerprint density at radius 3 is 2.70 bits per heavy atom. The van der Waals surface area contributed by atoms with Gasteiger partial charge in [0.2, 0.25) is 0 Å². The van der Waals surface area contributed by atoms with Crippen molar-refractivity contribution in [3.8, 4) is 5.75 Å². The van der Waals surface area contributed by atoms with Crippen molar-refractivity contribution in [3.05, 3.63) is 30.3 Å². The van der Waals surface area contributed by atoms with Crippen LogP contribution in [-0.2, 0) is 0 Å². The summed E-state index contributed by atoms with van der Waals surface area (Å²) in [5.41, 5.74) is 0. The molecule has 1 aromatic carbocycles. The van der Waals surface area contributed by atoms with E-state index in [0.717, 1.165) is 31.4 Å². The van der Waals surface area contributed by atoms with Gasteiger partial charge in [-0.3, -0.25) is 0 Å². The van der Waals surface area contributed by atoms with Crippen molar-refractivity contribution in [1.82, 2.24) is 5.32 Å². The van der Waals surface area contributed by atoms with E-state index in [4.69, 9.17) is 4.74 Å². The monoisotopic (exact) mass is 279 g/mol. The largest absolute Gasteiger partial charge is 0.491 e. The first-order chi connectivity index (χ1) is 9.75. The standard InChI is InChI=1S/C16H25NO3/c18-13(12-20-14-7-3-1-4-8-14)11-17-15-9-5-2-6-10-16(15)19/h1,3-4,7-8,13,15-19H,2,5-6,9-12H2.